The van der Waals surface area contributed by atoms with E-state index in [-0.39, 0.29) is 12.2 Å². The first-order valence-electron chi connectivity index (χ1n) is 6.96. The van der Waals surface area contributed by atoms with Crippen molar-refractivity contribution >= 4 is 10.0 Å². The molecule has 0 amide bonds. The maximum absolute atomic E-state index is 12.6. The van der Waals surface area contributed by atoms with Crippen LogP contribution in [-0.2, 0) is 19.5 Å². The molecule has 0 radical (unpaired) electrons. The van der Waals surface area contributed by atoms with Gasteiger partial charge in [-0.15, -0.1) is 0 Å². The topological polar surface area (TPSA) is 55.8 Å². The first kappa shape index (κ1) is 14.0. The predicted octanol–water partition coefficient (Wildman–Crippen LogP) is 1.46. The quantitative estimate of drug-likeness (QED) is 0.847. The average molecular weight is 297 g/mol. The van der Waals surface area contributed by atoms with Crippen molar-refractivity contribution in [3.63, 3.8) is 0 Å². The standard InChI is InChI=1S/C14H19NO4S/c16-20(17,13-6-2-1-3-7-13)15-8-4-5-12(11-15)14-18-9-10-19-14/h1-3,6-7,12,14H,4-5,8-11H2. The van der Waals surface area contributed by atoms with E-state index in [1.165, 1.54) is 0 Å². The van der Waals surface area contributed by atoms with E-state index in [0.717, 1.165) is 12.8 Å². The summed E-state index contributed by atoms with van der Waals surface area (Å²) in [4.78, 5) is 0.355. The largest absolute Gasteiger partial charge is 0.350 e. The Labute approximate surface area is 119 Å². The monoisotopic (exact) mass is 297 g/mol. The first-order valence-corrected chi connectivity index (χ1v) is 8.40. The van der Waals surface area contributed by atoms with Gasteiger partial charge < -0.3 is 9.47 Å². The van der Waals surface area contributed by atoms with Crippen LogP contribution >= 0.6 is 0 Å². The van der Waals surface area contributed by atoms with Gasteiger partial charge in [0.25, 0.3) is 0 Å². The Morgan fingerprint density at radius 2 is 1.80 bits per heavy atom. The number of sulfonamides is 1. The third kappa shape index (κ3) is 2.74. The van der Waals surface area contributed by atoms with Gasteiger partial charge in [-0.1, -0.05) is 18.2 Å². The molecule has 1 aromatic rings. The fourth-order valence-electron chi connectivity index (χ4n) is 2.80. The van der Waals surface area contributed by atoms with Gasteiger partial charge >= 0.3 is 0 Å². The van der Waals surface area contributed by atoms with Gasteiger partial charge in [-0.25, -0.2) is 8.42 Å². The molecule has 1 unspecified atom stereocenters. The molecule has 0 aromatic heterocycles. The van der Waals surface area contributed by atoms with Crippen molar-refractivity contribution in [2.45, 2.75) is 24.0 Å². The summed E-state index contributed by atoms with van der Waals surface area (Å²) in [6.07, 6.45) is 1.55. The number of hydrogen-bond acceptors (Lipinski definition) is 4. The van der Waals surface area contributed by atoms with Crippen molar-refractivity contribution in [1.29, 1.82) is 0 Å². The third-order valence-corrected chi connectivity index (χ3v) is 5.71. The van der Waals surface area contributed by atoms with Gasteiger partial charge in [0, 0.05) is 19.0 Å². The second-order valence-electron chi connectivity index (χ2n) is 5.19. The first-order chi connectivity index (χ1) is 9.68. The normalized spacial score (nSPS) is 25.9. The minimum Gasteiger partial charge on any atom is -0.350 e. The fourth-order valence-corrected chi connectivity index (χ4v) is 4.36. The van der Waals surface area contributed by atoms with Gasteiger partial charge in [0.15, 0.2) is 6.29 Å². The van der Waals surface area contributed by atoms with E-state index < -0.39 is 10.0 Å². The molecule has 2 saturated heterocycles. The molecule has 5 nitrogen and oxygen atoms in total. The zero-order chi connectivity index (χ0) is 14.0. The Morgan fingerprint density at radius 3 is 2.50 bits per heavy atom. The molecule has 20 heavy (non-hydrogen) atoms. The van der Waals surface area contributed by atoms with E-state index in [0.29, 0.717) is 31.2 Å². The molecule has 6 heteroatoms. The molecular formula is C14H19NO4S. The van der Waals surface area contributed by atoms with Gasteiger partial charge in [-0.3, -0.25) is 0 Å². The zero-order valence-corrected chi connectivity index (χ0v) is 12.1. The molecule has 0 saturated carbocycles. The lowest BCUT2D eigenvalue weighted by molar-refractivity contribution is -0.0940. The minimum atomic E-state index is -3.40. The van der Waals surface area contributed by atoms with Crippen molar-refractivity contribution in [3.8, 4) is 0 Å². The summed E-state index contributed by atoms with van der Waals surface area (Å²) in [6.45, 7) is 2.25. The molecule has 0 aliphatic carbocycles. The van der Waals surface area contributed by atoms with Gasteiger partial charge in [0.1, 0.15) is 0 Å². The van der Waals surface area contributed by atoms with Crippen LogP contribution in [0, 0.1) is 5.92 Å². The Morgan fingerprint density at radius 1 is 1.10 bits per heavy atom. The lowest BCUT2D eigenvalue weighted by Gasteiger charge is -2.33. The molecule has 0 N–H and O–H groups in total. The average Bonchev–Trinajstić information content (AvgIpc) is 3.03. The van der Waals surface area contributed by atoms with Crippen LogP contribution in [-0.4, -0.2) is 45.3 Å². The van der Waals surface area contributed by atoms with Crippen LogP contribution in [0.15, 0.2) is 35.2 Å². The van der Waals surface area contributed by atoms with Crippen LogP contribution in [0.2, 0.25) is 0 Å². The minimum absolute atomic E-state index is 0.129. The van der Waals surface area contributed by atoms with Crippen LogP contribution in [0.5, 0.6) is 0 Å². The van der Waals surface area contributed by atoms with E-state index in [9.17, 15) is 8.42 Å². The van der Waals surface area contributed by atoms with Crippen molar-refractivity contribution in [1.82, 2.24) is 4.31 Å². The summed E-state index contributed by atoms with van der Waals surface area (Å²) in [7, 11) is -3.40. The molecule has 110 valence electrons. The summed E-state index contributed by atoms with van der Waals surface area (Å²) in [5.74, 6) is 0.129. The predicted molar refractivity (Wildman–Crippen MR) is 73.6 cm³/mol. The molecule has 2 heterocycles. The van der Waals surface area contributed by atoms with Crippen molar-refractivity contribution < 1.29 is 17.9 Å². The Hall–Kier alpha value is -0.950. The summed E-state index contributed by atoms with van der Waals surface area (Å²) < 4.78 is 37.8. The number of piperidine rings is 1. The number of rotatable bonds is 3. The number of hydrogen-bond donors (Lipinski definition) is 0. The maximum Gasteiger partial charge on any atom is 0.243 e. The molecule has 1 atom stereocenters. The molecule has 3 rings (SSSR count). The second-order valence-corrected chi connectivity index (χ2v) is 7.13. The SMILES string of the molecule is O=S(=O)(c1ccccc1)N1CCCC(C2OCCO2)C1. The Kier molecular flexibility index (Phi) is 4.07. The van der Waals surface area contributed by atoms with Gasteiger partial charge in [0.2, 0.25) is 10.0 Å². The smallest absolute Gasteiger partial charge is 0.243 e. The van der Waals surface area contributed by atoms with Crippen LogP contribution in [0.25, 0.3) is 0 Å². The highest BCUT2D eigenvalue weighted by atomic mass is 32.2. The molecule has 2 aliphatic heterocycles. The lowest BCUT2D eigenvalue weighted by atomic mass is 9.99. The third-order valence-electron chi connectivity index (χ3n) is 3.83. The fraction of sp³-hybridized carbons (Fsp3) is 0.571. The van der Waals surface area contributed by atoms with Crippen LogP contribution in [0.4, 0.5) is 0 Å². The van der Waals surface area contributed by atoms with E-state index in [4.69, 9.17) is 9.47 Å². The summed E-state index contributed by atoms with van der Waals surface area (Å²) in [5.41, 5.74) is 0. The van der Waals surface area contributed by atoms with Crippen LogP contribution < -0.4 is 0 Å². The highest BCUT2D eigenvalue weighted by Gasteiger charge is 2.35. The van der Waals surface area contributed by atoms with E-state index in [1.54, 1.807) is 28.6 Å². The van der Waals surface area contributed by atoms with Crippen LogP contribution in [0.1, 0.15) is 12.8 Å². The van der Waals surface area contributed by atoms with Gasteiger partial charge in [-0.2, -0.15) is 4.31 Å². The zero-order valence-electron chi connectivity index (χ0n) is 11.3. The molecule has 2 fully saturated rings. The summed E-state index contributed by atoms with van der Waals surface area (Å²) in [6, 6.07) is 8.59. The van der Waals surface area contributed by atoms with Crippen molar-refractivity contribution in [3.05, 3.63) is 30.3 Å². The van der Waals surface area contributed by atoms with Gasteiger partial charge in [-0.05, 0) is 25.0 Å². The summed E-state index contributed by atoms with van der Waals surface area (Å²) >= 11 is 0. The molecule has 0 spiro atoms. The maximum atomic E-state index is 12.6. The highest BCUT2D eigenvalue weighted by Crippen LogP contribution is 2.28. The molecule has 1 aromatic carbocycles. The highest BCUT2D eigenvalue weighted by molar-refractivity contribution is 7.89. The van der Waals surface area contributed by atoms with Crippen LogP contribution in [0.3, 0.4) is 0 Å². The van der Waals surface area contributed by atoms with Crippen molar-refractivity contribution in [2.75, 3.05) is 26.3 Å². The van der Waals surface area contributed by atoms with E-state index in [2.05, 4.69) is 0 Å². The van der Waals surface area contributed by atoms with E-state index in [1.807, 2.05) is 6.07 Å². The second kappa shape index (κ2) is 5.81. The molecular weight excluding hydrogens is 278 g/mol. The summed E-state index contributed by atoms with van der Waals surface area (Å²) in [5, 5.41) is 0. The Balaban J connectivity index is 1.76. The van der Waals surface area contributed by atoms with Gasteiger partial charge in [0.05, 0.1) is 18.1 Å². The lowest BCUT2D eigenvalue weighted by Crippen LogP contribution is -2.43. The number of benzene rings is 1. The number of ether oxygens (including phenoxy) is 2. The van der Waals surface area contributed by atoms with E-state index >= 15 is 0 Å². The molecule has 0 bridgehead atoms. The Bertz CT molecular complexity index is 540. The molecule has 2 aliphatic rings. The van der Waals surface area contributed by atoms with Crippen molar-refractivity contribution in [2.24, 2.45) is 5.92 Å². The number of nitrogens with zero attached hydrogens (tertiary/aromatic N) is 1.